The molecule has 0 spiro atoms. The molecule has 1 fully saturated rings. The summed E-state index contributed by atoms with van der Waals surface area (Å²) in [6.45, 7) is 2.78. The van der Waals surface area contributed by atoms with E-state index in [4.69, 9.17) is 14.6 Å². The minimum absolute atomic E-state index is 0.0447. The van der Waals surface area contributed by atoms with E-state index in [9.17, 15) is 9.90 Å². The molecule has 12 nitrogen and oxygen atoms in total. The van der Waals surface area contributed by atoms with E-state index in [-0.39, 0.29) is 25.2 Å². The van der Waals surface area contributed by atoms with Crippen molar-refractivity contribution in [2.45, 2.75) is 12.5 Å². The quantitative estimate of drug-likeness (QED) is 0.400. The van der Waals surface area contributed by atoms with E-state index in [0.29, 0.717) is 23.8 Å². The number of anilines is 3. The molecule has 2 aliphatic rings. The number of urea groups is 1. The lowest BCUT2D eigenvalue weighted by Crippen LogP contribution is -2.52. The Hall–Kier alpha value is -3.90. The third-order valence-electron chi connectivity index (χ3n) is 6.09. The number of carbonyl (C=O) groups excluding carboxylic acids is 1. The average molecular weight is 484 g/mol. The summed E-state index contributed by atoms with van der Waals surface area (Å²) in [6.07, 6.45) is 4.38. The lowest BCUT2D eigenvalue weighted by Gasteiger charge is -2.35. The first-order valence-electron chi connectivity index (χ1n) is 11.2. The molecule has 0 bridgehead atoms. The van der Waals surface area contributed by atoms with Crippen LogP contribution >= 0.6 is 0 Å². The summed E-state index contributed by atoms with van der Waals surface area (Å²) in [7, 11) is 3.43. The van der Waals surface area contributed by atoms with Gasteiger partial charge in [-0.2, -0.15) is 5.10 Å². The number of benzene rings is 1. The van der Waals surface area contributed by atoms with Crippen LogP contribution in [-0.4, -0.2) is 83.4 Å². The molecule has 1 atom stereocenters. The van der Waals surface area contributed by atoms with Crippen LogP contribution in [0.1, 0.15) is 5.56 Å². The van der Waals surface area contributed by atoms with Gasteiger partial charge in [-0.25, -0.2) is 9.78 Å². The minimum Gasteiger partial charge on any atom is -0.494 e. The standard InChI is InChI=1S/C22H27N7O3.CH2O2/c1-27-11-14-9-18(20(32-2)10-17(14)26-27)25-22(31)29-7-4-16-19(3-5-24-21(16)29)28-8-6-23-15(12-28)13-30;2-1-3/h3,5,9-11,15,23,30H,4,6-8,12-13H2,1-2H3,(H,25,31);1H,(H,2,3)/t15-;/m1./s1. The van der Waals surface area contributed by atoms with Gasteiger partial charge in [0.15, 0.2) is 0 Å². The third-order valence-corrected chi connectivity index (χ3v) is 6.09. The van der Waals surface area contributed by atoms with Gasteiger partial charge in [-0.05, 0) is 18.6 Å². The number of nitrogens with one attached hydrogen (secondary N) is 2. The van der Waals surface area contributed by atoms with E-state index in [1.54, 1.807) is 22.9 Å². The van der Waals surface area contributed by atoms with Crippen molar-refractivity contribution in [3.63, 3.8) is 0 Å². The number of carbonyl (C=O) groups is 2. The van der Waals surface area contributed by atoms with Gasteiger partial charge in [0.05, 0.1) is 24.9 Å². The molecule has 35 heavy (non-hydrogen) atoms. The predicted octanol–water partition coefficient (Wildman–Crippen LogP) is 1.04. The van der Waals surface area contributed by atoms with Gasteiger partial charge >= 0.3 is 6.03 Å². The van der Waals surface area contributed by atoms with Crippen molar-refractivity contribution >= 4 is 40.6 Å². The van der Waals surface area contributed by atoms with E-state index in [2.05, 4.69) is 25.6 Å². The van der Waals surface area contributed by atoms with Gasteiger partial charge in [0, 0.05) is 74.4 Å². The summed E-state index contributed by atoms with van der Waals surface area (Å²) < 4.78 is 7.22. The van der Waals surface area contributed by atoms with Crippen LogP contribution in [0.15, 0.2) is 30.6 Å². The van der Waals surface area contributed by atoms with Gasteiger partial charge < -0.3 is 30.5 Å². The van der Waals surface area contributed by atoms with Crippen LogP contribution in [0.3, 0.4) is 0 Å². The molecule has 1 saturated heterocycles. The van der Waals surface area contributed by atoms with Crippen LogP contribution in [-0.2, 0) is 18.3 Å². The van der Waals surface area contributed by atoms with Gasteiger partial charge in [0.1, 0.15) is 11.6 Å². The maximum atomic E-state index is 13.2. The maximum absolute atomic E-state index is 13.2. The van der Waals surface area contributed by atoms with Gasteiger partial charge in [0.25, 0.3) is 6.47 Å². The van der Waals surface area contributed by atoms with Crippen LogP contribution in [0.4, 0.5) is 22.0 Å². The fourth-order valence-corrected chi connectivity index (χ4v) is 4.56. The molecule has 4 heterocycles. The van der Waals surface area contributed by atoms with E-state index in [1.807, 2.05) is 31.4 Å². The van der Waals surface area contributed by atoms with E-state index >= 15 is 0 Å². The van der Waals surface area contributed by atoms with Crippen LogP contribution in [0, 0.1) is 0 Å². The molecule has 2 aromatic heterocycles. The van der Waals surface area contributed by atoms with Gasteiger partial charge in [-0.3, -0.25) is 14.4 Å². The number of pyridine rings is 1. The third kappa shape index (κ3) is 4.98. The predicted molar refractivity (Wildman–Crippen MR) is 131 cm³/mol. The monoisotopic (exact) mass is 483 g/mol. The highest BCUT2D eigenvalue weighted by Gasteiger charge is 2.31. The van der Waals surface area contributed by atoms with Gasteiger partial charge in [0.2, 0.25) is 0 Å². The Balaban J connectivity index is 0.000000917. The van der Waals surface area contributed by atoms with E-state index in [0.717, 1.165) is 48.2 Å². The number of hydrogen-bond acceptors (Lipinski definition) is 8. The van der Waals surface area contributed by atoms with Crippen LogP contribution in [0.2, 0.25) is 0 Å². The summed E-state index contributed by atoms with van der Waals surface area (Å²) in [5.41, 5.74) is 3.54. The molecule has 5 rings (SSSR count). The van der Waals surface area contributed by atoms with Crippen molar-refractivity contribution in [1.29, 1.82) is 0 Å². The first kappa shape index (κ1) is 24.2. The second kappa shape index (κ2) is 10.6. The zero-order chi connectivity index (χ0) is 24.9. The second-order valence-corrected chi connectivity index (χ2v) is 8.26. The Bertz CT molecular complexity index is 1210. The lowest BCUT2D eigenvalue weighted by molar-refractivity contribution is -0.122. The minimum atomic E-state index is -0.250. The lowest BCUT2D eigenvalue weighted by atomic mass is 10.1. The summed E-state index contributed by atoms with van der Waals surface area (Å²) in [5.74, 6) is 1.24. The number of fused-ring (bicyclic) bond motifs is 2. The fourth-order valence-electron chi connectivity index (χ4n) is 4.56. The molecular weight excluding hydrogens is 454 g/mol. The SMILES string of the molecule is COc1cc2nn(C)cc2cc1NC(=O)N1CCc2c(N3CCN[C@@H](CO)C3)ccnc21.O=CO. The molecule has 1 aromatic carbocycles. The highest BCUT2D eigenvalue weighted by molar-refractivity contribution is 6.05. The second-order valence-electron chi connectivity index (χ2n) is 8.26. The molecule has 186 valence electrons. The molecule has 4 N–H and O–H groups in total. The Morgan fingerprint density at radius 1 is 1.37 bits per heavy atom. The summed E-state index contributed by atoms with van der Waals surface area (Å²) in [4.78, 5) is 30.0. The topological polar surface area (TPSA) is 145 Å². The number of aromatic nitrogens is 3. The summed E-state index contributed by atoms with van der Waals surface area (Å²) in [6, 6.07) is 5.49. The van der Waals surface area contributed by atoms with E-state index < -0.39 is 0 Å². The normalized spacial score (nSPS) is 16.9. The van der Waals surface area contributed by atoms with Gasteiger partial charge in [-0.15, -0.1) is 0 Å². The molecule has 0 aliphatic carbocycles. The smallest absolute Gasteiger partial charge is 0.327 e. The number of aliphatic hydroxyl groups is 1. The molecule has 2 aliphatic heterocycles. The highest BCUT2D eigenvalue weighted by Crippen LogP contribution is 2.35. The van der Waals surface area contributed by atoms with Gasteiger partial charge in [-0.1, -0.05) is 0 Å². The van der Waals surface area contributed by atoms with Crippen molar-refractivity contribution < 1.29 is 24.5 Å². The maximum Gasteiger partial charge on any atom is 0.327 e. The molecule has 0 radical (unpaired) electrons. The largest absolute Gasteiger partial charge is 0.494 e. The molecule has 0 saturated carbocycles. The first-order chi connectivity index (χ1) is 17.0. The van der Waals surface area contributed by atoms with Crippen molar-refractivity contribution in [3.8, 4) is 5.75 Å². The van der Waals surface area contributed by atoms with Crippen molar-refractivity contribution in [1.82, 2.24) is 20.1 Å². The fraction of sp³-hybridized carbons (Fsp3) is 0.391. The van der Waals surface area contributed by atoms with Crippen molar-refractivity contribution in [3.05, 3.63) is 36.2 Å². The van der Waals surface area contributed by atoms with Crippen LogP contribution < -0.4 is 25.2 Å². The Morgan fingerprint density at radius 2 is 2.17 bits per heavy atom. The number of aliphatic hydroxyl groups excluding tert-OH is 1. The van der Waals surface area contributed by atoms with Crippen molar-refractivity contribution in [2.24, 2.45) is 7.05 Å². The van der Waals surface area contributed by atoms with Crippen molar-refractivity contribution in [2.75, 3.05) is 55.0 Å². The molecular formula is C23H29N7O5. The first-order valence-corrected chi connectivity index (χ1v) is 11.2. The number of ether oxygens (including phenoxy) is 1. The Kier molecular flexibility index (Phi) is 7.32. The molecule has 0 unspecified atom stereocenters. The number of aryl methyl sites for hydroxylation is 1. The Morgan fingerprint density at radius 3 is 2.91 bits per heavy atom. The number of piperazine rings is 1. The summed E-state index contributed by atoms with van der Waals surface area (Å²) >= 11 is 0. The molecule has 3 aromatic rings. The average Bonchev–Trinajstić information content (AvgIpc) is 3.46. The zero-order valence-electron chi connectivity index (χ0n) is 19.6. The highest BCUT2D eigenvalue weighted by atomic mass is 16.5. The zero-order valence-corrected chi connectivity index (χ0v) is 19.6. The number of amides is 2. The number of carboxylic acid groups (broad SMARTS) is 1. The number of nitrogens with zero attached hydrogens (tertiary/aromatic N) is 5. The summed E-state index contributed by atoms with van der Waals surface area (Å²) in [5, 5.41) is 28.0. The van der Waals surface area contributed by atoms with Crippen LogP contribution in [0.5, 0.6) is 5.75 Å². The molecule has 2 amide bonds. The number of methoxy groups -OCH3 is 1. The number of rotatable bonds is 4. The van der Waals surface area contributed by atoms with E-state index in [1.165, 1.54) is 0 Å². The Labute approximate surface area is 202 Å². The molecule has 12 heteroatoms. The van der Waals surface area contributed by atoms with Crippen LogP contribution in [0.25, 0.3) is 10.9 Å². The number of hydrogen-bond donors (Lipinski definition) is 4.